The first-order chi connectivity index (χ1) is 6.79. The van der Waals surface area contributed by atoms with Gasteiger partial charge in [-0.1, -0.05) is 12.1 Å². The zero-order valence-corrected chi connectivity index (χ0v) is 7.97. The van der Waals surface area contributed by atoms with Gasteiger partial charge >= 0.3 is 0 Å². The summed E-state index contributed by atoms with van der Waals surface area (Å²) in [7, 11) is 0. The third-order valence-electron chi connectivity index (χ3n) is 1.60. The summed E-state index contributed by atoms with van der Waals surface area (Å²) < 4.78 is 5.33. The highest BCUT2D eigenvalue weighted by Gasteiger charge is 2.08. The molecule has 14 heavy (non-hydrogen) atoms. The monoisotopic (exact) mass is 195 g/mol. The van der Waals surface area contributed by atoms with Crippen molar-refractivity contribution in [1.29, 1.82) is 0 Å². The molecule has 1 rings (SSSR count). The number of ether oxygens (including phenoxy) is 1. The maximum absolute atomic E-state index is 8.52. The van der Waals surface area contributed by atoms with E-state index in [0.717, 1.165) is 6.42 Å². The number of nitrogens with two attached hydrogens (primary N) is 1. The van der Waals surface area contributed by atoms with Crippen LogP contribution in [0.25, 0.3) is 0 Å². The van der Waals surface area contributed by atoms with Crippen molar-refractivity contribution in [3.8, 4) is 5.88 Å². The van der Waals surface area contributed by atoms with Crippen molar-refractivity contribution in [2.24, 2.45) is 10.9 Å². The van der Waals surface area contributed by atoms with E-state index >= 15 is 0 Å². The molecule has 1 aromatic heterocycles. The Morgan fingerprint density at radius 1 is 1.71 bits per heavy atom. The highest BCUT2D eigenvalue weighted by Crippen LogP contribution is 2.13. The molecule has 3 N–H and O–H groups in total. The molecule has 0 spiro atoms. The number of pyridine rings is 1. The first-order valence-corrected chi connectivity index (χ1v) is 4.35. The molecule has 1 aromatic rings. The van der Waals surface area contributed by atoms with Gasteiger partial charge in [-0.3, -0.25) is 0 Å². The van der Waals surface area contributed by atoms with E-state index in [1.54, 1.807) is 18.3 Å². The number of oxime groups is 1. The second-order valence-corrected chi connectivity index (χ2v) is 2.69. The third kappa shape index (κ3) is 2.35. The maximum atomic E-state index is 8.52. The van der Waals surface area contributed by atoms with Crippen LogP contribution in [0.3, 0.4) is 0 Å². The Labute approximate surface area is 82.2 Å². The van der Waals surface area contributed by atoms with Crippen molar-refractivity contribution < 1.29 is 9.94 Å². The minimum atomic E-state index is 0.00389. The van der Waals surface area contributed by atoms with Crippen molar-refractivity contribution in [1.82, 2.24) is 4.98 Å². The summed E-state index contributed by atoms with van der Waals surface area (Å²) in [6.07, 6.45) is 2.48. The van der Waals surface area contributed by atoms with Crippen molar-refractivity contribution >= 4 is 5.84 Å². The molecule has 0 amide bonds. The molecule has 0 saturated carbocycles. The molecule has 0 fully saturated rings. The van der Waals surface area contributed by atoms with Crippen LogP contribution in [-0.2, 0) is 0 Å². The SMILES string of the molecule is CCCOc1ncccc1/C(N)=N/O. The lowest BCUT2D eigenvalue weighted by Gasteiger charge is -2.07. The number of amidine groups is 1. The average Bonchev–Trinajstić information content (AvgIpc) is 2.25. The van der Waals surface area contributed by atoms with Crippen molar-refractivity contribution in [2.45, 2.75) is 13.3 Å². The van der Waals surface area contributed by atoms with Crippen molar-refractivity contribution in [2.75, 3.05) is 6.61 Å². The van der Waals surface area contributed by atoms with E-state index in [0.29, 0.717) is 18.1 Å². The van der Waals surface area contributed by atoms with E-state index < -0.39 is 0 Å². The van der Waals surface area contributed by atoms with Crippen LogP contribution in [0, 0.1) is 0 Å². The summed E-state index contributed by atoms with van der Waals surface area (Å²) >= 11 is 0. The fourth-order valence-electron chi connectivity index (χ4n) is 0.953. The second kappa shape index (κ2) is 5.06. The van der Waals surface area contributed by atoms with Crippen LogP contribution < -0.4 is 10.5 Å². The van der Waals surface area contributed by atoms with E-state index in [2.05, 4.69) is 10.1 Å². The highest BCUT2D eigenvalue weighted by molar-refractivity contribution is 5.98. The molecule has 0 aliphatic carbocycles. The summed E-state index contributed by atoms with van der Waals surface area (Å²) in [6.45, 7) is 2.55. The number of hydrogen-bond acceptors (Lipinski definition) is 4. The smallest absolute Gasteiger partial charge is 0.224 e. The fourth-order valence-corrected chi connectivity index (χ4v) is 0.953. The molecule has 0 aromatic carbocycles. The van der Waals surface area contributed by atoms with Crippen LogP contribution in [0.4, 0.5) is 0 Å². The van der Waals surface area contributed by atoms with Gasteiger partial charge in [0.1, 0.15) is 0 Å². The Balaban J connectivity index is 2.91. The molecule has 0 bridgehead atoms. The summed E-state index contributed by atoms with van der Waals surface area (Å²) in [5.74, 6) is 0.397. The molecule has 0 unspecified atom stereocenters. The van der Waals surface area contributed by atoms with Crippen LogP contribution >= 0.6 is 0 Å². The van der Waals surface area contributed by atoms with Gasteiger partial charge in [-0.2, -0.15) is 0 Å². The average molecular weight is 195 g/mol. The summed E-state index contributed by atoms with van der Waals surface area (Å²) in [6, 6.07) is 3.39. The summed E-state index contributed by atoms with van der Waals surface area (Å²) in [5.41, 5.74) is 5.95. The molecular formula is C9H13N3O2. The Morgan fingerprint density at radius 2 is 2.50 bits per heavy atom. The predicted octanol–water partition coefficient (Wildman–Crippen LogP) is 0.965. The molecule has 1 heterocycles. The zero-order chi connectivity index (χ0) is 10.4. The van der Waals surface area contributed by atoms with Gasteiger partial charge in [0.15, 0.2) is 5.84 Å². The first kappa shape index (κ1) is 10.3. The molecule has 0 aliphatic rings. The Kier molecular flexibility index (Phi) is 3.72. The van der Waals surface area contributed by atoms with Crippen LogP contribution in [-0.4, -0.2) is 22.6 Å². The minimum Gasteiger partial charge on any atom is -0.477 e. The quantitative estimate of drug-likeness (QED) is 0.324. The van der Waals surface area contributed by atoms with Crippen LogP contribution in [0.15, 0.2) is 23.5 Å². The summed E-state index contributed by atoms with van der Waals surface area (Å²) in [4.78, 5) is 3.99. The van der Waals surface area contributed by atoms with Gasteiger partial charge in [0.25, 0.3) is 0 Å². The Hall–Kier alpha value is -1.78. The molecule has 0 atom stereocenters. The lowest BCUT2D eigenvalue weighted by Crippen LogP contribution is -2.15. The van der Waals surface area contributed by atoms with Crippen LogP contribution in [0.2, 0.25) is 0 Å². The van der Waals surface area contributed by atoms with Crippen LogP contribution in [0.5, 0.6) is 5.88 Å². The van der Waals surface area contributed by atoms with Crippen LogP contribution in [0.1, 0.15) is 18.9 Å². The third-order valence-corrected chi connectivity index (χ3v) is 1.60. The van der Waals surface area contributed by atoms with Gasteiger partial charge in [-0.05, 0) is 18.6 Å². The Morgan fingerprint density at radius 3 is 3.14 bits per heavy atom. The topological polar surface area (TPSA) is 80.7 Å². The zero-order valence-electron chi connectivity index (χ0n) is 7.97. The number of rotatable bonds is 4. The van der Waals surface area contributed by atoms with Gasteiger partial charge in [0.2, 0.25) is 5.88 Å². The summed E-state index contributed by atoms with van der Waals surface area (Å²) in [5, 5.41) is 11.4. The first-order valence-electron chi connectivity index (χ1n) is 4.35. The van der Waals surface area contributed by atoms with Crippen molar-refractivity contribution in [3.05, 3.63) is 23.9 Å². The van der Waals surface area contributed by atoms with Gasteiger partial charge in [0.05, 0.1) is 12.2 Å². The molecular weight excluding hydrogens is 182 g/mol. The van der Waals surface area contributed by atoms with E-state index in [-0.39, 0.29) is 5.84 Å². The largest absolute Gasteiger partial charge is 0.477 e. The molecule has 5 heteroatoms. The standard InChI is InChI=1S/C9H13N3O2/c1-2-6-14-9-7(8(10)12-13)4-3-5-11-9/h3-5,13H,2,6H2,1H3,(H2,10,12). The molecule has 0 saturated heterocycles. The lowest BCUT2D eigenvalue weighted by molar-refractivity contribution is 0.302. The Bertz CT molecular complexity index is 326. The van der Waals surface area contributed by atoms with E-state index in [9.17, 15) is 0 Å². The van der Waals surface area contributed by atoms with Crippen molar-refractivity contribution in [3.63, 3.8) is 0 Å². The molecule has 0 aliphatic heterocycles. The van der Waals surface area contributed by atoms with Gasteiger partial charge in [0, 0.05) is 6.20 Å². The molecule has 76 valence electrons. The predicted molar refractivity (Wildman–Crippen MR) is 52.5 cm³/mol. The minimum absolute atomic E-state index is 0.00389. The highest BCUT2D eigenvalue weighted by atomic mass is 16.5. The van der Waals surface area contributed by atoms with Gasteiger partial charge < -0.3 is 15.7 Å². The van der Waals surface area contributed by atoms with E-state index in [4.69, 9.17) is 15.7 Å². The van der Waals surface area contributed by atoms with Gasteiger partial charge in [-0.25, -0.2) is 4.98 Å². The van der Waals surface area contributed by atoms with E-state index in [1.165, 1.54) is 0 Å². The number of hydrogen-bond donors (Lipinski definition) is 2. The van der Waals surface area contributed by atoms with E-state index in [1.807, 2.05) is 6.92 Å². The molecule has 0 radical (unpaired) electrons. The fraction of sp³-hybridized carbons (Fsp3) is 0.333. The molecule has 5 nitrogen and oxygen atoms in total. The normalized spacial score (nSPS) is 11.4. The maximum Gasteiger partial charge on any atom is 0.224 e. The number of nitrogens with zero attached hydrogens (tertiary/aromatic N) is 2. The van der Waals surface area contributed by atoms with Gasteiger partial charge in [-0.15, -0.1) is 0 Å². The number of aromatic nitrogens is 1. The second-order valence-electron chi connectivity index (χ2n) is 2.69. The lowest BCUT2D eigenvalue weighted by atomic mass is 10.2.